The Morgan fingerprint density at radius 2 is 2.11 bits per heavy atom. The van der Waals surface area contributed by atoms with Crippen LogP contribution in [-0.2, 0) is 0 Å². The molecule has 0 spiro atoms. The van der Waals surface area contributed by atoms with Gasteiger partial charge in [0.25, 0.3) is 0 Å². The normalized spacial score (nSPS) is 17.9. The minimum atomic E-state index is -0.332. The van der Waals surface area contributed by atoms with Gasteiger partial charge in [0.15, 0.2) is 0 Å². The van der Waals surface area contributed by atoms with E-state index in [1.807, 2.05) is 13.0 Å². The Bertz CT molecular complexity index is 872. The second kappa shape index (κ2) is 8.53. The Hall–Kier alpha value is -2.40. The molecule has 0 radical (unpaired) electrons. The van der Waals surface area contributed by atoms with E-state index in [4.69, 9.17) is 4.98 Å². The third-order valence-electron chi connectivity index (χ3n) is 5.26. The molecule has 5 heteroatoms. The molecule has 1 aliphatic heterocycles. The molecule has 2 N–H and O–H groups in total. The highest BCUT2D eigenvalue weighted by Gasteiger charge is 2.20. The zero-order valence-electron chi connectivity index (χ0n) is 16.4. The van der Waals surface area contributed by atoms with Crippen molar-refractivity contribution in [3.05, 3.63) is 60.0 Å². The van der Waals surface area contributed by atoms with Crippen LogP contribution < -0.4 is 10.6 Å². The maximum Gasteiger partial charge on any atom is 0.204 e. The first kappa shape index (κ1) is 19.4. The predicted molar refractivity (Wildman–Crippen MR) is 112 cm³/mol. The number of rotatable bonds is 6. The molecule has 0 bridgehead atoms. The summed E-state index contributed by atoms with van der Waals surface area (Å²) >= 11 is 0. The largest absolute Gasteiger partial charge is 0.353 e. The number of aromatic nitrogens is 2. The first-order valence-electron chi connectivity index (χ1n) is 9.62. The molecule has 0 saturated carbocycles. The van der Waals surface area contributed by atoms with Gasteiger partial charge in [-0.1, -0.05) is 24.3 Å². The van der Waals surface area contributed by atoms with E-state index in [2.05, 4.69) is 53.8 Å². The maximum absolute atomic E-state index is 13.5. The Morgan fingerprint density at radius 3 is 2.81 bits per heavy atom. The van der Waals surface area contributed by atoms with Gasteiger partial charge in [-0.15, -0.1) is 0 Å². The average molecular weight is 369 g/mol. The molecule has 0 amide bonds. The smallest absolute Gasteiger partial charge is 0.204 e. The van der Waals surface area contributed by atoms with E-state index in [0.29, 0.717) is 6.04 Å². The second-order valence-corrected chi connectivity index (χ2v) is 7.31. The molecule has 144 valence electrons. The van der Waals surface area contributed by atoms with Gasteiger partial charge < -0.3 is 15.2 Å². The van der Waals surface area contributed by atoms with Gasteiger partial charge in [0.1, 0.15) is 5.83 Å². The van der Waals surface area contributed by atoms with Crippen molar-refractivity contribution in [1.82, 2.24) is 14.9 Å². The van der Waals surface area contributed by atoms with E-state index in [0.717, 1.165) is 48.5 Å². The number of halogens is 1. The summed E-state index contributed by atoms with van der Waals surface area (Å²) in [5.74, 6) is 0.553. The zero-order chi connectivity index (χ0) is 19.4. The van der Waals surface area contributed by atoms with Gasteiger partial charge in [0.05, 0.1) is 17.1 Å². The van der Waals surface area contributed by atoms with Gasteiger partial charge in [0.2, 0.25) is 5.95 Å². The van der Waals surface area contributed by atoms with Crippen LogP contribution in [0.25, 0.3) is 11.0 Å². The second-order valence-electron chi connectivity index (χ2n) is 7.31. The lowest BCUT2D eigenvalue weighted by molar-refractivity contribution is 0.474. The molecule has 2 heterocycles. The maximum atomic E-state index is 13.5. The minimum Gasteiger partial charge on any atom is -0.353 e. The molecule has 1 aromatic carbocycles. The van der Waals surface area contributed by atoms with E-state index in [9.17, 15) is 4.39 Å². The van der Waals surface area contributed by atoms with Gasteiger partial charge >= 0.3 is 0 Å². The van der Waals surface area contributed by atoms with Crippen molar-refractivity contribution in [3.63, 3.8) is 0 Å². The molecule has 4 nitrogen and oxygen atoms in total. The first-order valence-corrected chi connectivity index (χ1v) is 9.62. The van der Waals surface area contributed by atoms with Crippen molar-refractivity contribution >= 4 is 17.0 Å². The third-order valence-corrected chi connectivity index (χ3v) is 5.26. The fourth-order valence-corrected chi connectivity index (χ4v) is 3.47. The number of fused-ring (bicyclic) bond motifs is 1. The summed E-state index contributed by atoms with van der Waals surface area (Å²) in [6.45, 7) is 11.7. The molecular formula is C22H29FN4. The van der Waals surface area contributed by atoms with Crippen LogP contribution in [0.5, 0.6) is 0 Å². The van der Waals surface area contributed by atoms with Crippen LogP contribution in [-0.4, -0.2) is 28.7 Å². The zero-order valence-corrected chi connectivity index (χ0v) is 16.4. The van der Waals surface area contributed by atoms with Crippen LogP contribution in [0.3, 0.4) is 0 Å². The van der Waals surface area contributed by atoms with Crippen LogP contribution in [0, 0.1) is 6.92 Å². The molecule has 0 aliphatic carbocycles. The summed E-state index contributed by atoms with van der Waals surface area (Å²) in [5, 5.41) is 7.05. The van der Waals surface area contributed by atoms with Gasteiger partial charge in [-0.25, -0.2) is 9.37 Å². The fourth-order valence-electron chi connectivity index (χ4n) is 3.47. The lowest BCUT2D eigenvalue weighted by Gasteiger charge is -2.26. The van der Waals surface area contributed by atoms with Crippen LogP contribution in [0.2, 0.25) is 0 Å². The molecular weight excluding hydrogens is 339 g/mol. The highest BCUT2D eigenvalue weighted by atomic mass is 19.1. The van der Waals surface area contributed by atoms with Crippen molar-refractivity contribution in [1.29, 1.82) is 0 Å². The van der Waals surface area contributed by atoms with E-state index in [1.54, 1.807) is 0 Å². The van der Waals surface area contributed by atoms with Crippen LogP contribution in [0.15, 0.2) is 54.4 Å². The Kier molecular flexibility index (Phi) is 6.11. The lowest BCUT2D eigenvalue weighted by atomic mass is 10.1. The molecule has 1 aromatic heterocycles. The summed E-state index contributed by atoms with van der Waals surface area (Å²) in [6.07, 6.45) is 6.66. The SMILES string of the molecule is C=C/C(F)=C\C=C(/C)C(C)n1c(NC2CCNCC2)nc2ccc(C)cc21. The van der Waals surface area contributed by atoms with E-state index in [1.165, 1.54) is 17.7 Å². The number of hydrogen-bond donors (Lipinski definition) is 2. The number of nitrogens with zero attached hydrogens (tertiary/aromatic N) is 2. The molecule has 1 unspecified atom stereocenters. The monoisotopic (exact) mass is 368 g/mol. The number of aryl methyl sites for hydroxylation is 1. The van der Waals surface area contributed by atoms with Gasteiger partial charge in [-0.2, -0.15) is 0 Å². The quantitative estimate of drug-likeness (QED) is 0.701. The van der Waals surface area contributed by atoms with Crippen molar-refractivity contribution in [2.45, 2.75) is 45.7 Å². The standard InChI is InChI=1S/C22H29FN4/c1-5-18(23)8-7-16(3)17(4)27-21-14-15(2)6-9-20(21)26-22(27)25-19-10-12-24-13-11-19/h5-9,14,17,19,24H,1,10-13H2,2-4H3,(H,25,26)/b16-7+,18-8+. The average Bonchev–Trinajstić information content (AvgIpc) is 3.02. The van der Waals surface area contributed by atoms with Crippen LogP contribution in [0.1, 0.15) is 38.3 Å². The van der Waals surface area contributed by atoms with Crippen molar-refractivity contribution in [3.8, 4) is 0 Å². The molecule has 1 saturated heterocycles. The summed E-state index contributed by atoms with van der Waals surface area (Å²) < 4.78 is 15.7. The Balaban J connectivity index is 2.01. The summed E-state index contributed by atoms with van der Waals surface area (Å²) in [7, 11) is 0. The summed E-state index contributed by atoms with van der Waals surface area (Å²) in [4.78, 5) is 4.86. The molecule has 1 atom stereocenters. The van der Waals surface area contributed by atoms with E-state index in [-0.39, 0.29) is 11.9 Å². The first-order chi connectivity index (χ1) is 13.0. The number of benzene rings is 1. The van der Waals surface area contributed by atoms with Crippen molar-refractivity contribution in [2.24, 2.45) is 0 Å². The summed E-state index contributed by atoms with van der Waals surface area (Å²) in [6, 6.07) is 6.79. The van der Waals surface area contributed by atoms with E-state index >= 15 is 0 Å². The van der Waals surface area contributed by atoms with E-state index < -0.39 is 0 Å². The Labute approximate surface area is 160 Å². The Morgan fingerprint density at radius 1 is 1.37 bits per heavy atom. The highest BCUT2D eigenvalue weighted by Crippen LogP contribution is 2.30. The van der Waals surface area contributed by atoms with Crippen LogP contribution >= 0.6 is 0 Å². The van der Waals surface area contributed by atoms with Crippen molar-refractivity contribution < 1.29 is 4.39 Å². The molecule has 1 aliphatic rings. The van der Waals surface area contributed by atoms with Crippen molar-refractivity contribution in [2.75, 3.05) is 18.4 Å². The number of nitrogens with one attached hydrogen (secondary N) is 2. The topological polar surface area (TPSA) is 41.9 Å². The molecule has 27 heavy (non-hydrogen) atoms. The third kappa shape index (κ3) is 4.48. The molecule has 2 aromatic rings. The molecule has 1 fully saturated rings. The highest BCUT2D eigenvalue weighted by molar-refractivity contribution is 5.80. The number of imidazole rings is 1. The minimum absolute atomic E-state index is 0.0508. The van der Waals surface area contributed by atoms with Gasteiger partial charge in [-0.3, -0.25) is 0 Å². The molecule has 3 rings (SSSR count). The summed E-state index contributed by atoms with van der Waals surface area (Å²) in [5.41, 5.74) is 4.33. The number of piperidine rings is 1. The predicted octanol–water partition coefficient (Wildman–Crippen LogP) is 5.06. The fraction of sp³-hybridized carbons (Fsp3) is 0.409. The lowest BCUT2D eigenvalue weighted by Crippen LogP contribution is -2.36. The van der Waals surface area contributed by atoms with Gasteiger partial charge in [0, 0.05) is 6.04 Å². The number of hydrogen-bond acceptors (Lipinski definition) is 3. The van der Waals surface area contributed by atoms with Crippen LogP contribution in [0.4, 0.5) is 10.3 Å². The number of allylic oxidation sites excluding steroid dienone is 5. The number of anilines is 1. The van der Waals surface area contributed by atoms with Gasteiger partial charge in [-0.05, 0) is 76.6 Å².